The molecule has 1 aliphatic carbocycles. The first-order valence-corrected chi connectivity index (χ1v) is 7.82. The van der Waals surface area contributed by atoms with Gasteiger partial charge in [-0.1, -0.05) is 23.7 Å². The zero-order chi connectivity index (χ0) is 15.4. The third-order valence-electron chi connectivity index (χ3n) is 4.28. The first kappa shape index (κ1) is 16.1. The molecule has 1 aromatic rings. The summed E-state index contributed by atoms with van der Waals surface area (Å²) in [6.07, 6.45) is 3.01. The van der Waals surface area contributed by atoms with E-state index in [0.717, 1.165) is 31.2 Å². The quantitative estimate of drug-likeness (QED) is 0.899. The second-order valence-corrected chi connectivity index (χ2v) is 6.23. The molecule has 0 aliphatic heterocycles. The van der Waals surface area contributed by atoms with E-state index in [1.54, 1.807) is 11.9 Å². The molecule has 2 amide bonds. The minimum Gasteiger partial charge on any atom is -0.393 e. The van der Waals surface area contributed by atoms with Gasteiger partial charge in [0, 0.05) is 18.1 Å². The summed E-state index contributed by atoms with van der Waals surface area (Å²) in [6, 6.07) is 7.63. The van der Waals surface area contributed by atoms with Gasteiger partial charge in [-0.05, 0) is 50.3 Å². The Morgan fingerprint density at radius 1 is 1.29 bits per heavy atom. The van der Waals surface area contributed by atoms with Crippen LogP contribution in [0, 0.1) is 0 Å². The molecule has 1 aliphatic rings. The number of urea groups is 1. The van der Waals surface area contributed by atoms with Crippen LogP contribution in [0.1, 0.15) is 44.2 Å². The minimum absolute atomic E-state index is 0.0172. The van der Waals surface area contributed by atoms with Crippen LogP contribution in [0.25, 0.3) is 0 Å². The second-order valence-electron chi connectivity index (χ2n) is 5.79. The van der Waals surface area contributed by atoms with Crippen LogP contribution < -0.4 is 5.32 Å². The van der Waals surface area contributed by atoms with Crippen molar-refractivity contribution in [3.63, 3.8) is 0 Å². The van der Waals surface area contributed by atoms with Crippen molar-refractivity contribution in [1.82, 2.24) is 10.2 Å². The van der Waals surface area contributed by atoms with Gasteiger partial charge in [-0.15, -0.1) is 0 Å². The average Bonchev–Trinajstić information content (AvgIpc) is 2.49. The fraction of sp³-hybridized carbons (Fsp3) is 0.562. The number of hydrogen-bond donors (Lipinski definition) is 2. The highest BCUT2D eigenvalue weighted by atomic mass is 35.5. The van der Waals surface area contributed by atoms with Crippen molar-refractivity contribution >= 4 is 17.6 Å². The SMILES string of the molecule is CC(c1ccc(Cl)cc1)N(C)C(=O)NC1CCC(O)CC1. The van der Waals surface area contributed by atoms with Crippen molar-refractivity contribution < 1.29 is 9.90 Å². The van der Waals surface area contributed by atoms with Gasteiger partial charge in [0.05, 0.1) is 12.1 Å². The number of aliphatic hydroxyl groups excluding tert-OH is 1. The van der Waals surface area contributed by atoms with E-state index in [1.165, 1.54) is 0 Å². The second kappa shape index (κ2) is 7.14. The number of carbonyl (C=O) groups excluding carboxylic acids is 1. The lowest BCUT2D eigenvalue weighted by Gasteiger charge is -2.31. The van der Waals surface area contributed by atoms with Crippen molar-refractivity contribution in [2.45, 2.75) is 50.8 Å². The summed E-state index contributed by atoms with van der Waals surface area (Å²) < 4.78 is 0. The van der Waals surface area contributed by atoms with Crippen LogP contribution in [0.5, 0.6) is 0 Å². The molecule has 1 saturated carbocycles. The Hall–Kier alpha value is -1.26. The summed E-state index contributed by atoms with van der Waals surface area (Å²) in [5.41, 5.74) is 1.05. The van der Waals surface area contributed by atoms with Crippen molar-refractivity contribution in [3.8, 4) is 0 Å². The zero-order valence-electron chi connectivity index (χ0n) is 12.6. The number of aliphatic hydroxyl groups is 1. The highest BCUT2D eigenvalue weighted by Crippen LogP contribution is 2.22. The summed E-state index contributed by atoms with van der Waals surface area (Å²) >= 11 is 5.89. The summed E-state index contributed by atoms with van der Waals surface area (Å²) in [6.45, 7) is 1.99. The number of rotatable bonds is 3. The van der Waals surface area contributed by atoms with E-state index in [1.807, 2.05) is 31.2 Å². The van der Waals surface area contributed by atoms with Crippen LogP contribution in [0.2, 0.25) is 5.02 Å². The molecule has 0 bridgehead atoms. The van der Waals surface area contributed by atoms with Crippen LogP contribution in [-0.4, -0.2) is 35.2 Å². The summed E-state index contributed by atoms with van der Waals surface area (Å²) in [5.74, 6) is 0. The first-order chi connectivity index (χ1) is 9.97. The van der Waals surface area contributed by atoms with E-state index in [-0.39, 0.29) is 24.2 Å². The molecule has 1 aromatic carbocycles. The monoisotopic (exact) mass is 310 g/mol. The Morgan fingerprint density at radius 2 is 1.86 bits per heavy atom. The van der Waals surface area contributed by atoms with Crippen molar-refractivity contribution in [2.75, 3.05) is 7.05 Å². The van der Waals surface area contributed by atoms with Gasteiger partial charge in [-0.25, -0.2) is 4.79 Å². The van der Waals surface area contributed by atoms with Gasteiger partial charge < -0.3 is 15.3 Å². The zero-order valence-corrected chi connectivity index (χ0v) is 13.3. The molecule has 0 radical (unpaired) electrons. The first-order valence-electron chi connectivity index (χ1n) is 7.44. The number of nitrogens with one attached hydrogen (secondary N) is 1. The molecule has 4 nitrogen and oxygen atoms in total. The molecule has 1 unspecified atom stereocenters. The smallest absolute Gasteiger partial charge is 0.317 e. The van der Waals surface area contributed by atoms with Gasteiger partial charge in [-0.3, -0.25) is 0 Å². The van der Waals surface area contributed by atoms with Gasteiger partial charge in [0.1, 0.15) is 0 Å². The standard InChI is InChI=1S/C16H23ClN2O2/c1-11(12-3-5-13(17)6-4-12)19(2)16(21)18-14-7-9-15(20)10-8-14/h3-6,11,14-15,20H,7-10H2,1-2H3,(H,18,21). The fourth-order valence-electron chi connectivity index (χ4n) is 2.64. The Labute approximate surface area is 131 Å². The highest BCUT2D eigenvalue weighted by molar-refractivity contribution is 6.30. The third-order valence-corrected chi connectivity index (χ3v) is 4.53. The fourth-order valence-corrected chi connectivity index (χ4v) is 2.76. The number of carbonyl (C=O) groups is 1. The van der Waals surface area contributed by atoms with E-state index in [0.29, 0.717) is 5.02 Å². The van der Waals surface area contributed by atoms with E-state index < -0.39 is 0 Å². The molecule has 2 N–H and O–H groups in total. The predicted octanol–water partition coefficient (Wildman–Crippen LogP) is 3.35. The van der Waals surface area contributed by atoms with E-state index in [2.05, 4.69) is 5.32 Å². The Bertz CT molecular complexity index is 470. The van der Waals surface area contributed by atoms with Gasteiger partial charge in [-0.2, -0.15) is 0 Å². The average molecular weight is 311 g/mol. The van der Waals surface area contributed by atoms with E-state index in [4.69, 9.17) is 11.6 Å². The normalized spacial score (nSPS) is 23.4. The molecule has 1 atom stereocenters. The van der Waals surface area contributed by atoms with Gasteiger partial charge in [0.2, 0.25) is 0 Å². The number of halogens is 1. The molecule has 0 spiro atoms. The molecule has 1 fully saturated rings. The lowest BCUT2D eigenvalue weighted by Crippen LogP contribution is -2.45. The summed E-state index contributed by atoms with van der Waals surface area (Å²) in [4.78, 5) is 14.0. The highest BCUT2D eigenvalue weighted by Gasteiger charge is 2.24. The summed E-state index contributed by atoms with van der Waals surface area (Å²) in [5, 5.41) is 13.2. The molecule has 0 heterocycles. The van der Waals surface area contributed by atoms with Gasteiger partial charge >= 0.3 is 6.03 Å². The van der Waals surface area contributed by atoms with Gasteiger partial charge in [0.25, 0.3) is 0 Å². The largest absolute Gasteiger partial charge is 0.393 e. The molecule has 0 aromatic heterocycles. The van der Waals surface area contributed by atoms with Crippen molar-refractivity contribution in [2.24, 2.45) is 0 Å². The van der Waals surface area contributed by atoms with Crippen LogP contribution in [0.15, 0.2) is 24.3 Å². The lowest BCUT2D eigenvalue weighted by molar-refractivity contribution is 0.115. The number of benzene rings is 1. The van der Waals surface area contributed by atoms with Crippen LogP contribution in [-0.2, 0) is 0 Å². The lowest BCUT2D eigenvalue weighted by atomic mass is 9.93. The van der Waals surface area contributed by atoms with E-state index >= 15 is 0 Å². The van der Waals surface area contributed by atoms with Crippen molar-refractivity contribution in [3.05, 3.63) is 34.9 Å². The van der Waals surface area contributed by atoms with Crippen LogP contribution in [0.3, 0.4) is 0 Å². The molecular weight excluding hydrogens is 288 g/mol. The Balaban J connectivity index is 1.90. The Morgan fingerprint density at radius 3 is 2.43 bits per heavy atom. The molecule has 5 heteroatoms. The van der Waals surface area contributed by atoms with Gasteiger partial charge in [0.15, 0.2) is 0 Å². The van der Waals surface area contributed by atoms with Crippen LogP contribution >= 0.6 is 11.6 Å². The van der Waals surface area contributed by atoms with E-state index in [9.17, 15) is 9.90 Å². The number of hydrogen-bond acceptors (Lipinski definition) is 2. The predicted molar refractivity (Wildman–Crippen MR) is 84.4 cm³/mol. The third kappa shape index (κ3) is 4.35. The maximum absolute atomic E-state index is 12.3. The maximum atomic E-state index is 12.3. The molecule has 2 rings (SSSR count). The van der Waals surface area contributed by atoms with Crippen LogP contribution in [0.4, 0.5) is 4.79 Å². The molecule has 21 heavy (non-hydrogen) atoms. The minimum atomic E-state index is -0.205. The molecular formula is C16H23ClN2O2. The number of nitrogens with zero attached hydrogens (tertiary/aromatic N) is 1. The topological polar surface area (TPSA) is 52.6 Å². The molecule has 0 saturated heterocycles. The number of amides is 2. The Kier molecular flexibility index (Phi) is 5.48. The van der Waals surface area contributed by atoms with Crippen molar-refractivity contribution in [1.29, 1.82) is 0 Å². The summed E-state index contributed by atoms with van der Waals surface area (Å²) in [7, 11) is 1.80. The molecule has 116 valence electrons. The maximum Gasteiger partial charge on any atom is 0.317 e.